The molecule has 2 aliphatic rings. The van der Waals surface area contributed by atoms with Gasteiger partial charge in [-0.25, -0.2) is 22.8 Å². The van der Waals surface area contributed by atoms with Gasteiger partial charge in [0.05, 0.1) is 28.4 Å². The van der Waals surface area contributed by atoms with E-state index in [2.05, 4.69) is 15.3 Å². The predicted octanol–water partition coefficient (Wildman–Crippen LogP) is 4.76. The molecule has 13 heteroatoms. The van der Waals surface area contributed by atoms with Crippen molar-refractivity contribution in [3.8, 4) is 11.3 Å². The zero-order chi connectivity index (χ0) is 29.4. The number of amides is 1. The van der Waals surface area contributed by atoms with E-state index in [0.717, 1.165) is 48.0 Å². The van der Waals surface area contributed by atoms with Crippen molar-refractivity contribution in [2.75, 3.05) is 18.0 Å². The fraction of sp³-hybridized carbons (Fsp3) is 0.393. The van der Waals surface area contributed by atoms with Crippen LogP contribution in [0, 0.1) is 5.82 Å². The molecule has 0 aliphatic carbocycles. The summed E-state index contributed by atoms with van der Waals surface area (Å²) in [7, 11) is -4.02. The van der Waals surface area contributed by atoms with E-state index >= 15 is 0 Å². The number of nitrogens with one attached hydrogen (secondary N) is 1. The summed E-state index contributed by atoms with van der Waals surface area (Å²) >= 11 is 0. The van der Waals surface area contributed by atoms with Crippen LogP contribution in [-0.2, 0) is 27.5 Å². The molecule has 0 bridgehead atoms. The molecule has 2 aromatic carbocycles. The van der Waals surface area contributed by atoms with Gasteiger partial charge < -0.3 is 10.2 Å². The van der Waals surface area contributed by atoms with Crippen LogP contribution in [0.3, 0.4) is 0 Å². The van der Waals surface area contributed by atoms with E-state index in [1.807, 2.05) is 11.8 Å². The number of anilines is 1. The van der Waals surface area contributed by atoms with Crippen LogP contribution in [0.15, 0.2) is 59.5 Å². The highest BCUT2D eigenvalue weighted by Crippen LogP contribution is 2.32. The highest BCUT2D eigenvalue weighted by Gasteiger charge is 2.39. The number of halogens is 4. The van der Waals surface area contributed by atoms with Crippen LogP contribution in [0.25, 0.3) is 11.3 Å². The fourth-order valence-corrected chi connectivity index (χ4v) is 6.89. The second kappa shape index (κ2) is 11.4. The van der Waals surface area contributed by atoms with Crippen LogP contribution in [-0.4, -0.2) is 53.8 Å². The third-order valence-corrected chi connectivity index (χ3v) is 9.38. The van der Waals surface area contributed by atoms with Gasteiger partial charge in [0, 0.05) is 24.7 Å². The number of benzene rings is 2. The Balaban J connectivity index is 1.37. The zero-order valence-corrected chi connectivity index (χ0v) is 23.1. The van der Waals surface area contributed by atoms with Crippen molar-refractivity contribution in [3.63, 3.8) is 0 Å². The predicted molar refractivity (Wildman–Crippen MR) is 144 cm³/mol. The smallest absolute Gasteiger partial charge is 0.349 e. The third kappa shape index (κ3) is 6.20. The first-order valence-electron chi connectivity index (χ1n) is 13.3. The summed E-state index contributed by atoms with van der Waals surface area (Å²) in [6, 6.07) is 9.97. The van der Waals surface area contributed by atoms with Crippen LogP contribution in [0.2, 0.25) is 0 Å². The molecular formula is C28H29F4N5O3S. The molecule has 8 nitrogen and oxygen atoms in total. The highest BCUT2D eigenvalue weighted by atomic mass is 32.2. The molecule has 5 rings (SSSR count). The lowest BCUT2D eigenvalue weighted by molar-refractivity contribution is -0.137. The second-order valence-electron chi connectivity index (χ2n) is 10.2. The van der Waals surface area contributed by atoms with E-state index in [0.29, 0.717) is 35.7 Å². The minimum Gasteiger partial charge on any atom is -0.349 e. The lowest BCUT2D eigenvalue weighted by Gasteiger charge is -2.24. The lowest BCUT2D eigenvalue weighted by atomic mass is 10.1. The van der Waals surface area contributed by atoms with Crippen LogP contribution >= 0.6 is 0 Å². The van der Waals surface area contributed by atoms with Crippen molar-refractivity contribution in [1.82, 2.24) is 19.6 Å². The van der Waals surface area contributed by atoms with Gasteiger partial charge in [-0.3, -0.25) is 4.79 Å². The maximum atomic E-state index is 13.3. The number of nitrogens with zero attached hydrogens (tertiary/aromatic N) is 4. The summed E-state index contributed by atoms with van der Waals surface area (Å²) in [6.07, 6.45) is -1.76. The molecule has 1 N–H and O–H groups in total. The number of rotatable bonds is 7. The van der Waals surface area contributed by atoms with Crippen molar-refractivity contribution in [2.24, 2.45) is 0 Å². The van der Waals surface area contributed by atoms with Crippen molar-refractivity contribution in [2.45, 2.75) is 62.3 Å². The van der Waals surface area contributed by atoms with Crippen LogP contribution in [0.5, 0.6) is 0 Å². The van der Waals surface area contributed by atoms with Crippen LogP contribution in [0.1, 0.15) is 43.9 Å². The Hall–Kier alpha value is -3.58. The fourth-order valence-electron chi connectivity index (χ4n) is 5.24. The zero-order valence-electron chi connectivity index (χ0n) is 22.2. The Morgan fingerprint density at radius 1 is 1.00 bits per heavy atom. The van der Waals surface area contributed by atoms with Crippen LogP contribution < -0.4 is 10.2 Å². The largest absolute Gasteiger partial charge is 0.416 e. The van der Waals surface area contributed by atoms with Crippen molar-refractivity contribution < 1.29 is 30.8 Å². The van der Waals surface area contributed by atoms with Crippen molar-refractivity contribution in [3.05, 3.63) is 71.7 Å². The Bertz CT molecular complexity index is 1520. The van der Waals surface area contributed by atoms with Gasteiger partial charge in [-0.2, -0.15) is 17.5 Å². The first-order chi connectivity index (χ1) is 19.4. The van der Waals surface area contributed by atoms with Gasteiger partial charge in [-0.1, -0.05) is 12.1 Å². The number of hydrogen-bond donors (Lipinski definition) is 1. The molecule has 2 saturated heterocycles. The monoisotopic (exact) mass is 591 g/mol. The number of carbonyl (C=O) groups is 1. The second-order valence-corrected chi connectivity index (χ2v) is 12.1. The van der Waals surface area contributed by atoms with Crippen molar-refractivity contribution in [1.29, 1.82) is 0 Å². The highest BCUT2D eigenvalue weighted by molar-refractivity contribution is 7.89. The maximum absolute atomic E-state index is 13.3. The quantitative estimate of drug-likeness (QED) is 0.398. The van der Waals surface area contributed by atoms with E-state index in [4.69, 9.17) is 0 Å². The van der Waals surface area contributed by atoms with Gasteiger partial charge >= 0.3 is 6.18 Å². The molecule has 3 heterocycles. The molecule has 1 aromatic heterocycles. The maximum Gasteiger partial charge on any atom is 0.416 e. The summed E-state index contributed by atoms with van der Waals surface area (Å²) in [5.74, 6) is -0.653. The number of alkyl halides is 3. The molecule has 41 heavy (non-hydrogen) atoms. The molecule has 2 unspecified atom stereocenters. The van der Waals surface area contributed by atoms with Crippen LogP contribution in [0.4, 0.5) is 23.5 Å². The first-order valence-corrected chi connectivity index (χ1v) is 14.7. The molecular weight excluding hydrogens is 562 g/mol. The number of sulfonamides is 1. The first kappa shape index (κ1) is 28.9. The van der Waals surface area contributed by atoms with Gasteiger partial charge in [-0.05, 0) is 75.1 Å². The summed E-state index contributed by atoms with van der Waals surface area (Å²) in [5.41, 5.74) is 0.540. The third-order valence-electron chi connectivity index (χ3n) is 7.46. The minimum absolute atomic E-state index is 0.0366. The van der Waals surface area contributed by atoms with E-state index in [9.17, 15) is 30.8 Å². The Labute approximate surface area is 235 Å². The topological polar surface area (TPSA) is 95.5 Å². The molecule has 3 aromatic rings. The summed E-state index contributed by atoms with van der Waals surface area (Å²) in [4.78, 5) is 24.4. The molecule has 218 valence electrons. The molecule has 2 atom stereocenters. The average Bonchev–Trinajstić information content (AvgIpc) is 3.61. The molecule has 2 fully saturated rings. The molecule has 0 saturated carbocycles. The number of hydrogen-bond acceptors (Lipinski definition) is 6. The van der Waals surface area contributed by atoms with Crippen molar-refractivity contribution >= 4 is 21.9 Å². The minimum atomic E-state index is -4.46. The molecule has 1 amide bonds. The molecule has 2 aliphatic heterocycles. The van der Waals surface area contributed by atoms with Gasteiger partial charge in [0.1, 0.15) is 11.9 Å². The summed E-state index contributed by atoms with van der Waals surface area (Å²) in [5, 5.41) is 2.78. The lowest BCUT2D eigenvalue weighted by Crippen LogP contribution is -2.45. The summed E-state index contributed by atoms with van der Waals surface area (Å²) < 4.78 is 80.1. The van der Waals surface area contributed by atoms with Gasteiger partial charge in [0.15, 0.2) is 0 Å². The number of carbonyl (C=O) groups excluding carboxylic acids is 1. The Kier molecular flexibility index (Phi) is 8.02. The number of aromatic nitrogens is 2. The van der Waals surface area contributed by atoms with E-state index in [1.165, 1.54) is 24.3 Å². The molecule has 0 radical (unpaired) electrons. The van der Waals surface area contributed by atoms with E-state index < -0.39 is 39.5 Å². The summed E-state index contributed by atoms with van der Waals surface area (Å²) in [6.45, 7) is 2.88. The molecule has 0 spiro atoms. The standard InChI is InChI=1S/C28H29F4N5O3S/c1-18-4-2-14-36(18)27-34-22(16-24(35-27)19-6-8-20(9-7-19)28(30,31)32)17-33-26(38)25-5-3-15-37(25)41(39,40)23-12-10-21(29)11-13-23/h6-13,16,18,25H,2-5,14-15,17H2,1H3,(H,33,38). The van der Waals surface area contributed by atoms with Gasteiger partial charge in [-0.15, -0.1) is 0 Å². The average molecular weight is 592 g/mol. The Morgan fingerprint density at radius 3 is 2.32 bits per heavy atom. The SMILES string of the molecule is CC1CCCN1c1nc(CNC(=O)C2CCCN2S(=O)(=O)c2ccc(F)cc2)cc(-c2ccc(C(F)(F)F)cc2)n1. The normalized spacial score (nSPS) is 20.0. The van der Waals surface area contributed by atoms with Gasteiger partial charge in [0.25, 0.3) is 0 Å². The Morgan fingerprint density at radius 2 is 1.68 bits per heavy atom. The van der Waals surface area contributed by atoms with Gasteiger partial charge in [0.2, 0.25) is 21.9 Å². The van der Waals surface area contributed by atoms with E-state index in [-0.39, 0.29) is 24.0 Å². The van der Waals surface area contributed by atoms with E-state index in [1.54, 1.807) is 6.07 Å².